The van der Waals surface area contributed by atoms with Gasteiger partial charge in [-0.05, 0) is 20.3 Å². The van der Waals surface area contributed by atoms with Crippen LogP contribution in [0.4, 0.5) is 0 Å². The molecule has 0 bridgehead atoms. The van der Waals surface area contributed by atoms with Gasteiger partial charge in [0.05, 0.1) is 0 Å². The highest BCUT2D eigenvalue weighted by Gasteiger charge is 2.20. The van der Waals surface area contributed by atoms with Crippen LogP contribution < -0.4 is 11.1 Å². The van der Waals surface area contributed by atoms with E-state index in [0.717, 1.165) is 13.0 Å². The van der Waals surface area contributed by atoms with Gasteiger partial charge in [0.2, 0.25) is 0 Å². The van der Waals surface area contributed by atoms with E-state index in [2.05, 4.69) is 25.7 Å². The Hall–Kier alpha value is -0.340. The van der Waals surface area contributed by atoms with E-state index in [-0.39, 0.29) is 5.54 Å². The fourth-order valence-corrected chi connectivity index (χ4v) is 1.39. The fourth-order valence-electron chi connectivity index (χ4n) is 1.39. The lowest BCUT2D eigenvalue weighted by atomic mass is 9.94. The minimum atomic E-state index is 0.0914. The van der Waals surface area contributed by atoms with E-state index >= 15 is 0 Å². The van der Waals surface area contributed by atoms with E-state index in [1.54, 1.807) is 0 Å². The largest absolute Gasteiger partial charge is 0.329 e. The Morgan fingerprint density at radius 3 is 2.50 bits per heavy atom. The van der Waals surface area contributed by atoms with E-state index < -0.39 is 0 Å². The van der Waals surface area contributed by atoms with Crippen molar-refractivity contribution in [3.05, 3.63) is 12.2 Å². The Bertz CT molecular complexity index is 166. The van der Waals surface area contributed by atoms with Crippen LogP contribution in [0, 0.1) is 0 Å². The normalized spacial score (nSPS) is 15.1. The maximum absolute atomic E-state index is 5.78. The molecule has 0 saturated carbocycles. The standard InChI is InChI=1S/C12H26N2/c1-5-6-7-8-12(4,10-13)14-9-11(2)3/h14H,2,5-10,13H2,1,3-4H3. The van der Waals surface area contributed by atoms with Gasteiger partial charge in [-0.1, -0.05) is 38.3 Å². The first-order valence-corrected chi connectivity index (χ1v) is 5.63. The van der Waals surface area contributed by atoms with Crippen molar-refractivity contribution in [2.75, 3.05) is 13.1 Å². The molecule has 14 heavy (non-hydrogen) atoms. The van der Waals surface area contributed by atoms with Gasteiger partial charge < -0.3 is 11.1 Å². The summed E-state index contributed by atoms with van der Waals surface area (Å²) in [5, 5.41) is 3.48. The molecule has 0 radical (unpaired) electrons. The molecule has 0 rings (SSSR count). The summed E-state index contributed by atoms with van der Waals surface area (Å²) < 4.78 is 0. The minimum Gasteiger partial charge on any atom is -0.329 e. The Labute approximate surface area is 89.0 Å². The molecule has 2 nitrogen and oxygen atoms in total. The number of unbranched alkanes of at least 4 members (excludes halogenated alkanes) is 2. The fraction of sp³-hybridized carbons (Fsp3) is 0.833. The summed E-state index contributed by atoms with van der Waals surface area (Å²) >= 11 is 0. The number of hydrogen-bond acceptors (Lipinski definition) is 2. The van der Waals surface area contributed by atoms with Crippen LogP contribution in [0.1, 0.15) is 46.5 Å². The first-order chi connectivity index (χ1) is 6.54. The van der Waals surface area contributed by atoms with Crippen LogP contribution >= 0.6 is 0 Å². The van der Waals surface area contributed by atoms with Crippen molar-refractivity contribution in [2.45, 2.75) is 52.0 Å². The molecule has 3 N–H and O–H groups in total. The molecule has 0 aromatic heterocycles. The van der Waals surface area contributed by atoms with Gasteiger partial charge in [0.15, 0.2) is 0 Å². The second kappa shape index (κ2) is 7.02. The molecule has 0 aliphatic rings. The zero-order chi connectivity index (χ0) is 11.0. The van der Waals surface area contributed by atoms with Crippen LogP contribution in [-0.2, 0) is 0 Å². The van der Waals surface area contributed by atoms with Gasteiger partial charge in [-0.25, -0.2) is 0 Å². The Morgan fingerprint density at radius 2 is 2.07 bits per heavy atom. The second-order valence-corrected chi connectivity index (χ2v) is 4.53. The average Bonchev–Trinajstić information content (AvgIpc) is 2.15. The third-order valence-electron chi connectivity index (χ3n) is 2.60. The molecule has 0 amide bonds. The molecule has 1 unspecified atom stereocenters. The van der Waals surface area contributed by atoms with Crippen LogP contribution in [0.25, 0.3) is 0 Å². The smallest absolute Gasteiger partial charge is 0.0278 e. The number of hydrogen-bond donors (Lipinski definition) is 2. The van der Waals surface area contributed by atoms with Crippen LogP contribution in [-0.4, -0.2) is 18.6 Å². The molecule has 0 aliphatic heterocycles. The Kier molecular flexibility index (Phi) is 6.85. The molecular formula is C12H26N2. The third kappa shape index (κ3) is 6.17. The van der Waals surface area contributed by atoms with E-state index in [9.17, 15) is 0 Å². The third-order valence-corrected chi connectivity index (χ3v) is 2.60. The van der Waals surface area contributed by atoms with Gasteiger partial charge in [-0.15, -0.1) is 0 Å². The lowest BCUT2D eigenvalue weighted by Crippen LogP contribution is -2.49. The van der Waals surface area contributed by atoms with Gasteiger partial charge in [-0.2, -0.15) is 0 Å². The zero-order valence-electron chi connectivity index (χ0n) is 10.0. The average molecular weight is 198 g/mol. The van der Waals surface area contributed by atoms with Crippen LogP contribution in [0.5, 0.6) is 0 Å². The van der Waals surface area contributed by atoms with Crippen molar-refractivity contribution in [3.8, 4) is 0 Å². The van der Waals surface area contributed by atoms with Crippen molar-refractivity contribution >= 4 is 0 Å². The number of rotatable bonds is 8. The van der Waals surface area contributed by atoms with Gasteiger partial charge in [0, 0.05) is 18.6 Å². The molecule has 0 saturated heterocycles. The summed E-state index contributed by atoms with van der Waals surface area (Å²) in [4.78, 5) is 0. The monoisotopic (exact) mass is 198 g/mol. The van der Waals surface area contributed by atoms with E-state index in [4.69, 9.17) is 5.73 Å². The topological polar surface area (TPSA) is 38.0 Å². The number of nitrogens with one attached hydrogen (secondary N) is 1. The molecule has 0 aromatic rings. The van der Waals surface area contributed by atoms with E-state index in [1.165, 1.54) is 24.8 Å². The molecule has 2 heteroatoms. The van der Waals surface area contributed by atoms with Crippen molar-refractivity contribution in [1.29, 1.82) is 0 Å². The first-order valence-electron chi connectivity index (χ1n) is 5.63. The van der Waals surface area contributed by atoms with Crippen molar-refractivity contribution in [2.24, 2.45) is 5.73 Å². The maximum Gasteiger partial charge on any atom is 0.0278 e. The van der Waals surface area contributed by atoms with E-state index in [0.29, 0.717) is 6.54 Å². The summed E-state index contributed by atoms with van der Waals surface area (Å²) in [6, 6.07) is 0. The maximum atomic E-state index is 5.78. The van der Waals surface area contributed by atoms with Crippen LogP contribution in [0.15, 0.2) is 12.2 Å². The van der Waals surface area contributed by atoms with Crippen LogP contribution in [0.2, 0.25) is 0 Å². The Morgan fingerprint density at radius 1 is 1.43 bits per heavy atom. The summed E-state index contributed by atoms with van der Waals surface area (Å²) in [7, 11) is 0. The molecule has 0 aliphatic carbocycles. The highest BCUT2D eigenvalue weighted by atomic mass is 15.0. The minimum absolute atomic E-state index is 0.0914. The van der Waals surface area contributed by atoms with Crippen molar-refractivity contribution in [1.82, 2.24) is 5.32 Å². The molecular weight excluding hydrogens is 172 g/mol. The molecule has 0 fully saturated rings. The zero-order valence-corrected chi connectivity index (χ0v) is 10.0. The number of nitrogens with two attached hydrogens (primary N) is 1. The highest BCUT2D eigenvalue weighted by molar-refractivity contribution is 4.95. The van der Waals surface area contributed by atoms with E-state index in [1.807, 2.05) is 6.92 Å². The predicted octanol–water partition coefficient (Wildman–Crippen LogP) is 2.45. The van der Waals surface area contributed by atoms with Gasteiger partial charge in [-0.3, -0.25) is 0 Å². The second-order valence-electron chi connectivity index (χ2n) is 4.53. The first kappa shape index (κ1) is 13.7. The summed E-state index contributed by atoms with van der Waals surface area (Å²) in [6.07, 6.45) is 4.98. The molecule has 84 valence electrons. The molecule has 0 spiro atoms. The summed E-state index contributed by atoms with van der Waals surface area (Å²) in [6.45, 7) is 11.9. The molecule has 1 atom stereocenters. The van der Waals surface area contributed by atoms with Crippen molar-refractivity contribution in [3.63, 3.8) is 0 Å². The summed E-state index contributed by atoms with van der Waals surface area (Å²) in [5.74, 6) is 0. The van der Waals surface area contributed by atoms with Crippen LogP contribution in [0.3, 0.4) is 0 Å². The lowest BCUT2D eigenvalue weighted by Gasteiger charge is -2.29. The van der Waals surface area contributed by atoms with Crippen molar-refractivity contribution < 1.29 is 0 Å². The predicted molar refractivity (Wildman–Crippen MR) is 64.4 cm³/mol. The molecule has 0 heterocycles. The van der Waals surface area contributed by atoms with Gasteiger partial charge in [0.25, 0.3) is 0 Å². The highest BCUT2D eigenvalue weighted by Crippen LogP contribution is 2.13. The quantitative estimate of drug-likeness (QED) is 0.464. The van der Waals surface area contributed by atoms with Gasteiger partial charge in [0.1, 0.15) is 0 Å². The van der Waals surface area contributed by atoms with Gasteiger partial charge >= 0.3 is 0 Å². The lowest BCUT2D eigenvalue weighted by molar-refractivity contribution is 0.338. The SMILES string of the molecule is C=C(C)CNC(C)(CN)CCCCC. The Balaban J connectivity index is 3.84. The summed E-state index contributed by atoms with van der Waals surface area (Å²) in [5.41, 5.74) is 7.04. The molecule has 0 aromatic carbocycles.